The highest BCUT2D eigenvalue weighted by atomic mass is 16.5. The van der Waals surface area contributed by atoms with Crippen molar-refractivity contribution < 1.29 is 28.7 Å². The van der Waals surface area contributed by atoms with Crippen LogP contribution in [0.15, 0.2) is 38.0 Å². The second-order valence-electron chi connectivity index (χ2n) is 7.31. The van der Waals surface area contributed by atoms with Crippen LogP contribution in [0.1, 0.15) is 47.6 Å². The van der Waals surface area contributed by atoms with E-state index in [2.05, 4.69) is 15.5 Å². The first-order valence-electron chi connectivity index (χ1n) is 10.0. The molecule has 10 nitrogen and oxygen atoms in total. The Morgan fingerprint density at radius 2 is 2.03 bits per heavy atom. The number of ether oxygens (including phenoxy) is 1. The Labute approximate surface area is 183 Å². The van der Waals surface area contributed by atoms with Crippen molar-refractivity contribution in [2.75, 3.05) is 13.7 Å². The number of nitrogens with one attached hydrogen (secondary N) is 1. The minimum Gasteiger partial charge on any atom is -0.504 e. The number of benzene rings is 1. The monoisotopic (exact) mass is 443 g/mol. The van der Waals surface area contributed by atoms with Crippen molar-refractivity contribution in [1.82, 2.24) is 15.5 Å². The second-order valence-corrected chi connectivity index (χ2v) is 7.31. The van der Waals surface area contributed by atoms with Crippen molar-refractivity contribution >= 4 is 5.91 Å². The predicted molar refractivity (Wildman–Crippen MR) is 113 cm³/mol. The first kappa shape index (κ1) is 22.9. The lowest BCUT2D eigenvalue weighted by Crippen LogP contribution is -2.27. The maximum Gasteiger partial charge on any atom is 0.227 e. The van der Waals surface area contributed by atoms with Crippen LogP contribution in [0.4, 0.5) is 0 Å². The average molecular weight is 443 g/mol. The largest absolute Gasteiger partial charge is 0.504 e. The lowest BCUT2D eigenvalue weighted by molar-refractivity contribution is -0.121. The van der Waals surface area contributed by atoms with Gasteiger partial charge in [0.1, 0.15) is 5.76 Å². The van der Waals surface area contributed by atoms with Crippen LogP contribution in [-0.2, 0) is 11.2 Å². The fourth-order valence-corrected chi connectivity index (χ4v) is 3.30. The number of phenols is 1. The Balaban J connectivity index is 1.78. The normalized spacial score (nSPS) is 11.8. The molecule has 0 saturated heterocycles. The molecular formula is C22H25N3O7. The quantitative estimate of drug-likeness (QED) is 0.424. The van der Waals surface area contributed by atoms with E-state index in [4.69, 9.17) is 13.7 Å². The molecule has 1 aromatic carbocycles. The lowest BCUT2D eigenvalue weighted by atomic mass is 9.91. The van der Waals surface area contributed by atoms with Gasteiger partial charge < -0.3 is 29.2 Å². The minimum atomic E-state index is -0.782. The summed E-state index contributed by atoms with van der Waals surface area (Å²) in [5.41, 5.74) is -0.0741. The van der Waals surface area contributed by atoms with Gasteiger partial charge in [-0.3, -0.25) is 9.59 Å². The molecule has 0 unspecified atom stereocenters. The SMILES string of the molecule is COc1cc([C@H](CC(=O)NCCCc2nc(C)no2)c2oc(C)cc(=O)c2O)ccc1O. The number of rotatable bonds is 9. The Hall–Kier alpha value is -3.82. The second kappa shape index (κ2) is 9.99. The first-order chi connectivity index (χ1) is 15.3. The van der Waals surface area contributed by atoms with E-state index in [-0.39, 0.29) is 29.6 Å². The topological polar surface area (TPSA) is 148 Å². The van der Waals surface area contributed by atoms with Crippen LogP contribution in [0.25, 0.3) is 0 Å². The molecule has 0 radical (unpaired) electrons. The number of amides is 1. The van der Waals surface area contributed by atoms with Crippen molar-refractivity contribution in [1.29, 1.82) is 0 Å². The number of nitrogens with zero attached hydrogens (tertiary/aromatic N) is 2. The zero-order valence-corrected chi connectivity index (χ0v) is 18.0. The van der Waals surface area contributed by atoms with Crippen LogP contribution in [0, 0.1) is 13.8 Å². The van der Waals surface area contributed by atoms with Gasteiger partial charge in [0.15, 0.2) is 23.1 Å². The summed E-state index contributed by atoms with van der Waals surface area (Å²) >= 11 is 0. The van der Waals surface area contributed by atoms with E-state index >= 15 is 0 Å². The molecule has 0 aliphatic rings. The maximum atomic E-state index is 12.7. The van der Waals surface area contributed by atoms with Gasteiger partial charge in [0.25, 0.3) is 0 Å². The molecule has 0 saturated carbocycles. The number of hydrogen-bond donors (Lipinski definition) is 3. The molecular weight excluding hydrogens is 418 g/mol. The molecule has 2 heterocycles. The van der Waals surface area contributed by atoms with Crippen molar-refractivity contribution in [2.24, 2.45) is 0 Å². The lowest BCUT2D eigenvalue weighted by Gasteiger charge is -2.19. The van der Waals surface area contributed by atoms with E-state index in [9.17, 15) is 19.8 Å². The highest BCUT2D eigenvalue weighted by Gasteiger charge is 2.26. The minimum absolute atomic E-state index is 0.0285. The number of aromatic nitrogens is 2. The molecule has 3 aromatic rings. The van der Waals surface area contributed by atoms with Crippen molar-refractivity contribution in [2.45, 2.75) is 39.0 Å². The summed E-state index contributed by atoms with van der Waals surface area (Å²) in [6.45, 7) is 3.68. The Kier molecular flexibility index (Phi) is 7.14. The van der Waals surface area contributed by atoms with Gasteiger partial charge >= 0.3 is 0 Å². The van der Waals surface area contributed by atoms with Crippen LogP contribution < -0.4 is 15.5 Å². The zero-order valence-electron chi connectivity index (χ0n) is 18.0. The number of carbonyl (C=O) groups excluding carboxylic acids is 1. The Morgan fingerprint density at radius 3 is 2.72 bits per heavy atom. The molecule has 32 heavy (non-hydrogen) atoms. The molecule has 3 N–H and O–H groups in total. The number of carbonyl (C=O) groups is 1. The van der Waals surface area contributed by atoms with Gasteiger partial charge in [-0.05, 0) is 38.0 Å². The highest BCUT2D eigenvalue weighted by molar-refractivity contribution is 5.77. The molecule has 1 amide bonds. The summed E-state index contributed by atoms with van der Waals surface area (Å²) in [5.74, 6) is -0.223. The number of hydrogen-bond acceptors (Lipinski definition) is 9. The van der Waals surface area contributed by atoms with Crippen LogP contribution in [0.2, 0.25) is 0 Å². The van der Waals surface area contributed by atoms with Gasteiger partial charge in [-0.1, -0.05) is 11.2 Å². The van der Waals surface area contributed by atoms with E-state index in [1.165, 1.54) is 25.3 Å². The molecule has 10 heteroatoms. The third-order valence-corrected chi connectivity index (χ3v) is 4.84. The van der Waals surface area contributed by atoms with Crippen molar-refractivity contribution in [3.8, 4) is 17.2 Å². The van der Waals surface area contributed by atoms with Crippen LogP contribution in [0.3, 0.4) is 0 Å². The third kappa shape index (κ3) is 5.45. The van der Waals surface area contributed by atoms with E-state index < -0.39 is 17.1 Å². The van der Waals surface area contributed by atoms with E-state index in [1.54, 1.807) is 19.9 Å². The van der Waals surface area contributed by atoms with Gasteiger partial charge in [0, 0.05) is 25.5 Å². The van der Waals surface area contributed by atoms with E-state index in [0.717, 1.165) is 0 Å². The van der Waals surface area contributed by atoms with Crippen LogP contribution >= 0.6 is 0 Å². The van der Waals surface area contributed by atoms with Crippen molar-refractivity contribution in [3.05, 3.63) is 63.3 Å². The Bertz CT molecular complexity index is 1150. The molecule has 0 bridgehead atoms. The maximum absolute atomic E-state index is 12.7. The standard InChI is InChI=1S/C22H25N3O7/c1-12-9-17(27)21(29)22(31-12)15(14-6-7-16(26)18(10-14)30-3)11-19(28)23-8-4-5-20-24-13(2)25-32-20/h6-7,9-10,15,26,29H,4-5,8,11H2,1-3H3,(H,23,28)/t15-/m0/s1. The number of phenolic OH excluding ortho intramolecular Hbond substituents is 1. The fourth-order valence-electron chi connectivity index (χ4n) is 3.30. The average Bonchev–Trinajstić information content (AvgIpc) is 3.17. The molecule has 0 spiro atoms. The van der Waals surface area contributed by atoms with E-state index in [1.807, 2.05) is 0 Å². The van der Waals surface area contributed by atoms with Gasteiger partial charge in [-0.15, -0.1) is 0 Å². The molecule has 0 fully saturated rings. The smallest absolute Gasteiger partial charge is 0.227 e. The van der Waals surface area contributed by atoms with Crippen LogP contribution in [0.5, 0.6) is 17.2 Å². The van der Waals surface area contributed by atoms with Crippen LogP contribution in [-0.4, -0.2) is 39.9 Å². The number of aryl methyl sites for hydroxylation is 3. The van der Waals surface area contributed by atoms with Gasteiger partial charge in [0.2, 0.25) is 23.0 Å². The first-order valence-corrected chi connectivity index (χ1v) is 10.0. The van der Waals surface area contributed by atoms with Gasteiger partial charge in [-0.2, -0.15) is 4.98 Å². The molecule has 3 rings (SSSR count). The summed E-state index contributed by atoms with van der Waals surface area (Å²) in [7, 11) is 1.40. The predicted octanol–water partition coefficient (Wildman–Crippen LogP) is 2.33. The zero-order chi connectivity index (χ0) is 23.3. The fraction of sp³-hybridized carbons (Fsp3) is 0.364. The number of methoxy groups -OCH3 is 1. The molecule has 0 aliphatic heterocycles. The Morgan fingerprint density at radius 1 is 1.25 bits per heavy atom. The van der Waals surface area contributed by atoms with E-state index in [0.29, 0.717) is 42.4 Å². The molecule has 2 aromatic heterocycles. The molecule has 0 aliphatic carbocycles. The number of aromatic hydroxyl groups is 2. The van der Waals surface area contributed by atoms with Crippen molar-refractivity contribution in [3.63, 3.8) is 0 Å². The third-order valence-electron chi connectivity index (χ3n) is 4.84. The van der Waals surface area contributed by atoms with Gasteiger partial charge in [0.05, 0.1) is 13.0 Å². The molecule has 170 valence electrons. The summed E-state index contributed by atoms with van der Waals surface area (Å²) < 4.78 is 15.8. The van der Waals surface area contributed by atoms with Gasteiger partial charge in [-0.25, -0.2) is 0 Å². The molecule has 1 atom stereocenters. The summed E-state index contributed by atoms with van der Waals surface area (Å²) in [6, 6.07) is 5.70. The summed E-state index contributed by atoms with van der Waals surface area (Å²) in [6.07, 6.45) is 1.01. The highest BCUT2D eigenvalue weighted by Crippen LogP contribution is 2.37. The summed E-state index contributed by atoms with van der Waals surface area (Å²) in [4.78, 5) is 28.9. The summed E-state index contributed by atoms with van der Waals surface area (Å²) in [5, 5.41) is 26.8.